The molecule has 34 heavy (non-hydrogen) atoms. The van der Waals surface area contributed by atoms with E-state index in [9.17, 15) is 30.6 Å². The smallest absolute Gasteiger partial charge is 0.329 e. The van der Waals surface area contributed by atoms with Crippen molar-refractivity contribution in [3.8, 4) is 22.8 Å². The van der Waals surface area contributed by atoms with Crippen LogP contribution in [-0.4, -0.2) is 30.7 Å². The average Bonchev–Trinajstić information content (AvgIpc) is 3.44. The third-order valence-electron chi connectivity index (χ3n) is 4.27. The molecule has 2 heterocycles. The van der Waals surface area contributed by atoms with Crippen LogP contribution in [0, 0.1) is 0 Å². The first-order valence-corrected chi connectivity index (χ1v) is 11.0. The monoisotopic (exact) mass is 503 g/mol. The minimum Gasteiger partial charge on any atom is -0.329 e. The van der Waals surface area contributed by atoms with Crippen LogP contribution in [0.4, 0.5) is 32.0 Å². The SMILES string of the molecule is CS(=O)(=Nc1cccc(-c2noc(C(F)(F)F)n2)c1)c1ccc(-c2noc(C(F)(F)F)n2)cc1. The van der Waals surface area contributed by atoms with Crippen LogP contribution in [0.15, 0.2) is 66.8 Å². The van der Waals surface area contributed by atoms with Crippen LogP contribution in [0.1, 0.15) is 11.8 Å². The molecule has 0 saturated heterocycles. The molecular formula is C19H11F6N5O3S. The van der Waals surface area contributed by atoms with Gasteiger partial charge in [-0.05, 0) is 36.4 Å². The van der Waals surface area contributed by atoms with Crippen molar-refractivity contribution in [1.29, 1.82) is 0 Å². The largest absolute Gasteiger partial charge is 0.471 e. The third kappa shape index (κ3) is 4.93. The number of hydrogen-bond donors (Lipinski definition) is 0. The standard InChI is InChI=1S/C19H11F6N5O3S/c1-34(31,13-7-5-10(6-8-13)14-26-16(32-28-14)18(20,21)22)30-12-4-2-3-11(9-12)15-27-17(33-29-15)19(23,24)25/h2-9H,1H3. The van der Waals surface area contributed by atoms with E-state index in [0.717, 1.165) is 0 Å². The van der Waals surface area contributed by atoms with Crippen LogP contribution in [0.25, 0.3) is 22.8 Å². The first-order chi connectivity index (χ1) is 15.8. The van der Waals surface area contributed by atoms with Gasteiger partial charge in [-0.15, -0.1) is 0 Å². The second-order valence-corrected chi connectivity index (χ2v) is 9.07. The van der Waals surface area contributed by atoms with Crippen molar-refractivity contribution in [2.75, 3.05) is 6.26 Å². The van der Waals surface area contributed by atoms with Gasteiger partial charge in [0.15, 0.2) is 0 Å². The summed E-state index contributed by atoms with van der Waals surface area (Å²) in [7, 11) is -3.06. The summed E-state index contributed by atoms with van der Waals surface area (Å²) in [6, 6.07) is 11.2. The third-order valence-corrected chi connectivity index (χ3v) is 5.98. The molecular weight excluding hydrogens is 492 g/mol. The molecule has 0 aliphatic rings. The Labute approximate surface area is 186 Å². The molecule has 0 aliphatic heterocycles. The van der Waals surface area contributed by atoms with E-state index in [4.69, 9.17) is 0 Å². The second-order valence-electron chi connectivity index (χ2n) is 6.81. The molecule has 1 atom stereocenters. The minimum absolute atomic E-state index is 0.156. The zero-order valence-electron chi connectivity index (χ0n) is 16.8. The lowest BCUT2D eigenvalue weighted by Crippen LogP contribution is -2.04. The maximum atomic E-state index is 13.2. The number of halogens is 6. The van der Waals surface area contributed by atoms with E-state index in [0.29, 0.717) is 0 Å². The lowest BCUT2D eigenvalue weighted by atomic mass is 10.2. The highest BCUT2D eigenvalue weighted by Crippen LogP contribution is 2.32. The summed E-state index contributed by atoms with van der Waals surface area (Å²) >= 11 is 0. The van der Waals surface area contributed by atoms with E-state index in [1.165, 1.54) is 54.8 Å². The molecule has 0 spiro atoms. The van der Waals surface area contributed by atoms with Gasteiger partial charge in [0.05, 0.1) is 15.4 Å². The fourth-order valence-electron chi connectivity index (χ4n) is 2.72. The normalized spacial score (nSPS) is 14.1. The molecule has 0 aliphatic carbocycles. The van der Waals surface area contributed by atoms with Crippen LogP contribution >= 0.6 is 0 Å². The fraction of sp³-hybridized carbons (Fsp3) is 0.158. The van der Waals surface area contributed by atoms with Crippen LogP contribution in [0.2, 0.25) is 0 Å². The van der Waals surface area contributed by atoms with E-state index in [-0.39, 0.29) is 33.4 Å². The topological polar surface area (TPSA) is 107 Å². The number of rotatable bonds is 4. The molecule has 0 bridgehead atoms. The lowest BCUT2D eigenvalue weighted by molar-refractivity contribution is -0.160. The molecule has 0 amide bonds. The molecule has 0 saturated carbocycles. The van der Waals surface area contributed by atoms with Gasteiger partial charge in [-0.25, -0.2) is 4.21 Å². The van der Waals surface area contributed by atoms with Gasteiger partial charge in [0.1, 0.15) is 0 Å². The quantitative estimate of drug-likeness (QED) is 0.333. The Kier molecular flexibility index (Phi) is 5.67. The van der Waals surface area contributed by atoms with Crippen molar-refractivity contribution in [1.82, 2.24) is 20.3 Å². The molecule has 1 unspecified atom stereocenters. The molecule has 2 aromatic heterocycles. The lowest BCUT2D eigenvalue weighted by Gasteiger charge is -2.06. The zero-order chi connectivity index (χ0) is 24.7. The summed E-state index contributed by atoms with van der Waals surface area (Å²) < 4.78 is 102. The summed E-state index contributed by atoms with van der Waals surface area (Å²) in [5.74, 6) is -3.63. The average molecular weight is 503 g/mol. The van der Waals surface area contributed by atoms with Crippen LogP contribution < -0.4 is 0 Å². The molecule has 0 fully saturated rings. The highest BCUT2D eigenvalue weighted by molar-refractivity contribution is 7.93. The molecule has 0 N–H and O–H groups in total. The van der Waals surface area contributed by atoms with Crippen molar-refractivity contribution in [3.05, 3.63) is 60.3 Å². The Balaban J connectivity index is 1.61. The number of aromatic nitrogens is 4. The van der Waals surface area contributed by atoms with Crippen molar-refractivity contribution >= 4 is 15.4 Å². The van der Waals surface area contributed by atoms with Gasteiger partial charge in [0.25, 0.3) is 0 Å². The summed E-state index contributed by atoms with van der Waals surface area (Å²) in [4.78, 5) is 6.81. The summed E-state index contributed by atoms with van der Waals surface area (Å²) in [5, 5.41) is 6.57. The molecule has 8 nitrogen and oxygen atoms in total. The number of hydrogen-bond acceptors (Lipinski definition) is 8. The molecule has 178 valence electrons. The van der Waals surface area contributed by atoms with E-state index in [1.807, 2.05) is 0 Å². The molecule has 15 heteroatoms. The molecule has 4 aromatic rings. The Bertz CT molecular complexity index is 1450. The van der Waals surface area contributed by atoms with Crippen molar-refractivity contribution in [3.63, 3.8) is 0 Å². The maximum Gasteiger partial charge on any atom is 0.471 e. The predicted octanol–water partition coefficient (Wildman–Crippen LogP) is 5.61. The number of benzene rings is 2. The van der Waals surface area contributed by atoms with Gasteiger partial charge >= 0.3 is 24.1 Å². The van der Waals surface area contributed by atoms with Crippen LogP contribution in [0.5, 0.6) is 0 Å². The van der Waals surface area contributed by atoms with Crippen molar-refractivity contribution in [2.24, 2.45) is 4.36 Å². The van der Waals surface area contributed by atoms with E-state index in [1.54, 1.807) is 0 Å². The summed E-state index contributed by atoms with van der Waals surface area (Å²) in [5.41, 5.74) is 0.516. The van der Waals surface area contributed by atoms with Gasteiger partial charge in [-0.1, -0.05) is 22.4 Å². The van der Waals surface area contributed by atoms with Crippen molar-refractivity contribution in [2.45, 2.75) is 17.2 Å². The summed E-state index contributed by atoms with van der Waals surface area (Å²) in [6.07, 6.45) is -8.26. The predicted molar refractivity (Wildman–Crippen MR) is 104 cm³/mol. The fourth-order valence-corrected chi connectivity index (χ4v) is 3.99. The number of alkyl halides is 6. The number of nitrogens with zero attached hydrogens (tertiary/aromatic N) is 5. The van der Waals surface area contributed by atoms with Crippen molar-refractivity contribution < 1.29 is 39.6 Å². The van der Waals surface area contributed by atoms with E-state index in [2.05, 4.69) is 33.7 Å². The summed E-state index contributed by atoms with van der Waals surface area (Å²) in [6.45, 7) is 0. The Morgan fingerprint density at radius 3 is 1.82 bits per heavy atom. The van der Waals surface area contributed by atoms with E-state index >= 15 is 0 Å². The Hall–Kier alpha value is -3.75. The first-order valence-electron chi connectivity index (χ1n) is 9.08. The molecule has 0 radical (unpaired) electrons. The minimum atomic E-state index is -4.80. The van der Waals surface area contributed by atoms with Gasteiger partial charge in [0, 0.05) is 22.3 Å². The second kappa shape index (κ2) is 8.23. The van der Waals surface area contributed by atoms with E-state index < -0.39 is 33.9 Å². The Morgan fingerprint density at radius 1 is 0.794 bits per heavy atom. The highest BCUT2D eigenvalue weighted by Gasteiger charge is 2.39. The molecule has 2 aromatic carbocycles. The zero-order valence-corrected chi connectivity index (χ0v) is 17.6. The van der Waals surface area contributed by atoms with Crippen LogP contribution in [-0.2, 0) is 22.1 Å². The van der Waals surface area contributed by atoms with Gasteiger partial charge < -0.3 is 9.05 Å². The molecule has 4 rings (SSSR count). The highest BCUT2D eigenvalue weighted by atomic mass is 32.2. The Morgan fingerprint density at radius 2 is 1.32 bits per heavy atom. The van der Waals surface area contributed by atoms with Gasteiger partial charge in [-0.3, -0.25) is 0 Å². The van der Waals surface area contributed by atoms with Gasteiger partial charge in [0.2, 0.25) is 11.6 Å². The van der Waals surface area contributed by atoms with Gasteiger partial charge in [-0.2, -0.15) is 40.7 Å². The van der Waals surface area contributed by atoms with Crippen LogP contribution in [0.3, 0.4) is 0 Å². The maximum absolute atomic E-state index is 13.2. The first kappa shape index (κ1) is 23.4.